The number of hydrogen-bond donors (Lipinski definition) is 2. The second kappa shape index (κ2) is 11.0. The average molecular weight is 247 g/mol. The van der Waals surface area contributed by atoms with Gasteiger partial charge < -0.3 is 5.11 Å². The fraction of sp³-hybridized carbons (Fsp3) is 0.750. The van der Waals surface area contributed by atoms with Crippen molar-refractivity contribution in [3.8, 4) is 0 Å². The van der Waals surface area contributed by atoms with Gasteiger partial charge in [0.15, 0.2) is 6.61 Å². The third kappa shape index (κ3) is 17.9. The van der Waals surface area contributed by atoms with Gasteiger partial charge in [0.25, 0.3) is 0 Å². The Labute approximate surface area is 67.7 Å². The summed E-state index contributed by atoms with van der Waals surface area (Å²) in [4.78, 5) is 15.8. The Hall–Kier alpha value is 0.120. The van der Waals surface area contributed by atoms with Crippen molar-refractivity contribution in [2.75, 3.05) is 18.6 Å². The van der Waals surface area contributed by atoms with E-state index >= 15 is 0 Å². The molecule has 0 saturated carbocycles. The first-order valence-corrected chi connectivity index (χ1v) is 4.31. The fourth-order valence-electron chi connectivity index (χ4n) is 0.134. The summed E-state index contributed by atoms with van der Waals surface area (Å²) in [6.45, 7) is -0.295. The molecule has 0 aliphatic heterocycles. The van der Waals surface area contributed by atoms with Crippen molar-refractivity contribution in [3.63, 3.8) is 0 Å². The lowest BCUT2D eigenvalue weighted by Crippen LogP contribution is -2.14. The molecule has 0 aromatic carbocycles. The molecule has 0 spiro atoms. The largest absolute Gasteiger partial charge is 0.479 e. The van der Waals surface area contributed by atoms with Crippen LogP contribution in [0.25, 0.3) is 0 Å². The molecule has 0 aromatic heterocycles. The van der Waals surface area contributed by atoms with Gasteiger partial charge in [-0.3, -0.25) is 4.84 Å². The SMILES string of the molecule is CI.CNOCC(=O)O. The molecule has 9 heavy (non-hydrogen) atoms. The molecule has 0 unspecified atom stereocenters. The van der Waals surface area contributed by atoms with Crippen LogP contribution in [0.4, 0.5) is 0 Å². The van der Waals surface area contributed by atoms with E-state index in [-0.39, 0.29) is 6.61 Å². The molecular formula is C4H10INO3. The lowest BCUT2D eigenvalue weighted by molar-refractivity contribution is -0.144. The Bertz CT molecular complexity index is 68.8. The van der Waals surface area contributed by atoms with Gasteiger partial charge in [-0.25, -0.2) is 10.3 Å². The van der Waals surface area contributed by atoms with Crippen LogP contribution in [-0.2, 0) is 9.63 Å². The number of carbonyl (C=O) groups is 1. The van der Waals surface area contributed by atoms with E-state index in [1.807, 2.05) is 4.93 Å². The Balaban J connectivity index is 0. The van der Waals surface area contributed by atoms with Crippen LogP contribution >= 0.6 is 22.6 Å². The molecule has 4 nitrogen and oxygen atoms in total. The standard InChI is InChI=1S/C3H7NO3.CH3I/c1-4-7-2-3(5)6;1-2/h4H,2H2,1H3,(H,5,6);1H3. The highest BCUT2D eigenvalue weighted by molar-refractivity contribution is 14.1. The Morgan fingerprint density at radius 1 is 1.78 bits per heavy atom. The molecule has 0 rings (SSSR count). The van der Waals surface area contributed by atoms with Gasteiger partial charge in [0.1, 0.15) is 0 Å². The van der Waals surface area contributed by atoms with Crippen molar-refractivity contribution in [1.82, 2.24) is 5.48 Å². The van der Waals surface area contributed by atoms with Crippen LogP contribution in [0.5, 0.6) is 0 Å². The number of carboxylic acids is 1. The molecule has 0 saturated heterocycles. The van der Waals surface area contributed by atoms with Crippen LogP contribution in [0.1, 0.15) is 0 Å². The van der Waals surface area contributed by atoms with Gasteiger partial charge in [0.2, 0.25) is 0 Å². The van der Waals surface area contributed by atoms with Crippen LogP contribution in [0.15, 0.2) is 0 Å². The minimum atomic E-state index is -0.977. The number of alkyl halides is 1. The third-order valence-corrected chi connectivity index (χ3v) is 0.340. The Morgan fingerprint density at radius 3 is 2.33 bits per heavy atom. The average Bonchev–Trinajstić information content (AvgIpc) is 1.88. The maximum absolute atomic E-state index is 9.59. The zero-order valence-corrected chi connectivity index (χ0v) is 7.51. The first-order valence-electron chi connectivity index (χ1n) is 2.15. The molecular weight excluding hydrogens is 237 g/mol. The molecule has 56 valence electrons. The predicted octanol–water partition coefficient (Wildman–Crippen LogP) is 0.273. The van der Waals surface area contributed by atoms with Gasteiger partial charge in [-0.05, 0) is 4.93 Å². The van der Waals surface area contributed by atoms with Crippen LogP contribution in [0.3, 0.4) is 0 Å². The number of carboxylic acid groups (broad SMARTS) is 1. The number of nitrogens with one attached hydrogen (secondary N) is 1. The number of rotatable bonds is 3. The molecule has 5 heteroatoms. The Morgan fingerprint density at radius 2 is 2.22 bits per heavy atom. The monoisotopic (exact) mass is 247 g/mol. The van der Waals surface area contributed by atoms with E-state index in [2.05, 4.69) is 32.9 Å². The van der Waals surface area contributed by atoms with Gasteiger partial charge in [-0.15, -0.1) is 0 Å². The van der Waals surface area contributed by atoms with Gasteiger partial charge in [-0.2, -0.15) is 0 Å². The lowest BCUT2D eigenvalue weighted by atomic mass is 10.8. The van der Waals surface area contributed by atoms with E-state index in [9.17, 15) is 4.79 Å². The number of hydroxylamine groups is 1. The van der Waals surface area contributed by atoms with Crippen molar-refractivity contribution in [3.05, 3.63) is 0 Å². The van der Waals surface area contributed by atoms with Crippen molar-refractivity contribution >= 4 is 28.6 Å². The summed E-state index contributed by atoms with van der Waals surface area (Å²) >= 11 is 2.15. The lowest BCUT2D eigenvalue weighted by Gasteiger charge is -1.91. The van der Waals surface area contributed by atoms with Crippen molar-refractivity contribution in [1.29, 1.82) is 0 Å². The quantitative estimate of drug-likeness (QED) is 0.427. The first kappa shape index (κ1) is 11.9. The highest BCUT2D eigenvalue weighted by atomic mass is 127. The smallest absolute Gasteiger partial charge is 0.331 e. The normalized spacial score (nSPS) is 7.44. The van der Waals surface area contributed by atoms with E-state index < -0.39 is 5.97 Å². The molecule has 0 aliphatic rings. The van der Waals surface area contributed by atoms with Crippen LogP contribution in [0.2, 0.25) is 0 Å². The van der Waals surface area contributed by atoms with Crippen molar-refractivity contribution in [2.45, 2.75) is 0 Å². The molecule has 0 radical (unpaired) electrons. The Kier molecular flexibility index (Phi) is 14.5. The highest BCUT2D eigenvalue weighted by Crippen LogP contribution is 1.62. The van der Waals surface area contributed by atoms with E-state index in [1.54, 1.807) is 0 Å². The highest BCUT2D eigenvalue weighted by Gasteiger charge is 1.90. The van der Waals surface area contributed by atoms with Crippen LogP contribution in [0, 0.1) is 0 Å². The van der Waals surface area contributed by atoms with Gasteiger partial charge in [-0.1, -0.05) is 22.6 Å². The minimum Gasteiger partial charge on any atom is -0.479 e. The molecule has 0 heterocycles. The summed E-state index contributed by atoms with van der Waals surface area (Å²) in [5.74, 6) is -0.977. The minimum absolute atomic E-state index is 0.295. The topological polar surface area (TPSA) is 58.6 Å². The molecule has 0 aromatic rings. The second-order valence-corrected chi connectivity index (χ2v) is 0.887. The zero-order chi connectivity index (χ0) is 7.70. The number of halogens is 1. The third-order valence-electron chi connectivity index (χ3n) is 0.340. The second-order valence-electron chi connectivity index (χ2n) is 0.887. The number of aliphatic carboxylic acids is 1. The van der Waals surface area contributed by atoms with Gasteiger partial charge >= 0.3 is 5.97 Å². The summed E-state index contributed by atoms with van der Waals surface area (Å²) in [6, 6.07) is 0. The molecule has 0 atom stereocenters. The van der Waals surface area contributed by atoms with Crippen LogP contribution in [-0.4, -0.2) is 29.7 Å². The summed E-state index contributed by atoms with van der Waals surface area (Å²) in [6.07, 6.45) is 0. The van der Waals surface area contributed by atoms with Crippen molar-refractivity contribution in [2.24, 2.45) is 0 Å². The molecule has 0 aliphatic carbocycles. The molecule has 0 bridgehead atoms. The van der Waals surface area contributed by atoms with E-state index in [4.69, 9.17) is 5.11 Å². The molecule has 0 amide bonds. The van der Waals surface area contributed by atoms with E-state index in [0.717, 1.165) is 0 Å². The summed E-state index contributed by atoms with van der Waals surface area (Å²) in [5.41, 5.74) is 2.22. The fourth-order valence-corrected chi connectivity index (χ4v) is 0.134. The number of hydrogen-bond acceptors (Lipinski definition) is 3. The van der Waals surface area contributed by atoms with Crippen LogP contribution < -0.4 is 5.48 Å². The van der Waals surface area contributed by atoms with E-state index in [0.29, 0.717) is 0 Å². The predicted molar refractivity (Wildman–Crippen MR) is 42.6 cm³/mol. The maximum atomic E-state index is 9.59. The van der Waals surface area contributed by atoms with E-state index in [1.165, 1.54) is 7.05 Å². The van der Waals surface area contributed by atoms with Gasteiger partial charge in [0, 0.05) is 7.05 Å². The molecule has 2 N–H and O–H groups in total. The maximum Gasteiger partial charge on any atom is 0.331 e. The van der Waals surface area contributed by atoms with Crippen molar-refractivity contribution < 1.29 is 14.7 Å². The van der Waals surface area contributed by atoms with Gasteiger partial charge in [0.05, 0.1) is 0 Å². The first-order chi connectivity index (χ1) is 4.27. The zero-order valence-electron chi connectivity index (χ0n) is 5.35. The summed E-state index contributed by atoms with van der Waals surface area (Å²) in [5, 5.41) is 7.88. The summed E-state index contributed by atoms with van der Waals surface area (Å²) in [7, 11) is 1.50. The summed E-state index contributed by atoms with van der Waals surface area (Å²) < 4.78 is 0. The molecule has 0 fully saturated rings.